The van der Waals surface area contributed by atoms with Crippen LogP contribution in [0.25, 0.3) is 0 Å². The van der Waals surface area contributed by atoms with E-state index in [9.17, 15) is 47.9 Å². The van der Waals surface area contributed by atoms with Gasteiger partial charge in [-0.15, -0.1) is 0 Å². The molecule has 20 nitrogen and oxygen atoms in total. The van der Waals surface area contributed by atoms with Gasteiger partial charge in [-0.3, -0.25) is 97.8 Å². The average molecular weight is 1300 g/mol. The van der Waals surface area contributed by atoms with E-state index in [-0.39, 0.29) is 125 Å². The number of halogens is 1. The van der Waals surface area contributed by atoms with Crippen LogP contribution in [-0.4, -0.2) is 108 Å². The van der Waals surface area contributed by atoms with Crippen LogP contribution >= 0.6 is 11.6 Å². The molecule has 0 bridgehead atoms. The summed E-state index contributed by atoms with van der Waals surface area (Å²) in [4.78, 5) is 166. The Morgan fingerprint density at radius 2 is 0.542 bits per heavy atom. The van der Waals surface area contributed by atoms with E-state index in [0.29, 0.717) is 62.9 Å². The van der Waals surface area contributed by atoms with Crippen LogP contribution in [0.5, 0.6) is 0 Å². The fourth-order valence-corrected chi connectivity index (χ4v) is 12.2. The lowest BCUT2D eigenvalue weighted by atomic mass is 9.82. The minimum absolute atomic E-state index is 0.104. The summed E-state index contributed by atoms with van der Waals surface area (Å²) in [5.74, 6) is -2.30. The minimum Gasteiger partial charge on any atom is -0.287 e. The number of aryl methyl sites for hydroxylation is 9. The quantitative estimate of drug-likeness (QED) is 0.158. The Morgan fingerprint density at radius 1 is 0.271 bits per heavy atom. The topological polar surface area (TPSA) is 300 Å². The molecule has 0 spiro atoms. The van der Waals surface area contributed by atoms with Crippen LogP contribution in [0.1, 0.15) is 249 Å². The molecule has 10 heterocycles. The van der Waals surface area contributed by atoms with E-state index in [1.807, 2.05) is 62.3 Å². The van der Waals surface area contributed by atoms with E-state index in [4.69, 9.17) is 11.6 Å². The van der Waals surface area contributed by atoms with Gasteiger partial charge in [-0.2, -0.15) is 0 Å². The van der Waals surface area contributed by atoms with Crippen LogP contribution in [0.15, 0.2) is 110 Å². The van der Waals surface area contributed by atoms with Gasteiger partial charge in [-0.25, -0.2) is 0 Å². The number of ketones is 10. The summed E-state index contributed by atoms with van der Waals surface area (Å²) in [6.45, 7) is 20.8. The number of rotatable bonds is 4. The molecule has 15 rings (SSSR count). The van der Waals surface area contributed by atoms with Crippen LogP contribution in [0.2, 0.25) is 5.02 Å². The fourth-order valence-electron chi connectivity index (χ4n) is 12.0. The van der Waals surface area contributed by atoms with Gasteiger partial charge in [0.1, 0.15) is 56.9 Å². The summed E-state index contributed by atoms with van der Waals surface area (Å²) < 4.78 is 0. The molecular weight excluding hydrogens is 1240 g/mol. The van der Waals surface area contributed by atoms with Crippen LogP contribution in [0.3, 0.4) is 0 Å². The van der Waals surface area contributed by atoms with Gasteiger partial charge >= 0.3 is 0 Å². The van der Waals surface area contributed by atoms with Crippen LogP contribution in [-0.2, 0) is 25.7 Å². The maximum atomic E-state index is 12.9. The number of hydrogen-bond acceptors (Lipinski definition) is 20. The molecule has 0 aliphatic heterocycles. The minimum atomic E-state index is -0.349. The molecule has 5 aliphatic rings. The molecule has 0 saturated heterocycles. The first-order chi connectivity index (χ1) is 45.9. The third kappa shape index (κ3) is 11.6. The van der Waals surface area contributed by atoms with Gasteiger partial charge in [0.05, 0.1) is 60.7 Å². The van der Waals surface area contributed by atoms with Crippen molar-refractivity contribution in [2.24, 2.45) is 0 Å². The van der Waals surface area contributed by atoms with Crippen molar-refractivity contribution in [1.82, 2.24) is 49.8 Å². The van der Waals surface area contributed by atoms with E-state index < -0.39 is 0 Å². The lowest BCUT2D eigenvalue weighted by molar-refractivity contribution is 0.0970. The van der Waals surface area contributed by atoms with Gasteiger partial charge in [-0.1, -0.05) is 39.3 Å². The Bertz CT molecular complexity index is 4890. The predicted molar refractivity (Wildman–Crippen MR) is 352 cm³/mol. The third-order valence-corrected chi connectivity index (χ3v) is 17.3. The van der Waals surface area contributed by atoms with Crippen molar-refractivity contribution in [3.05, 3.63) is 289 Å². The van der Waals surface area contributed by atoms with Crippen molar-refractivity contribution in [1.29, 1.82) is 0 Å². The zero-order valence-electron chi connectivity index (χ0n) is 54.2. The van der Waals surface area contributed by atoms with Crippen molar-refractivity contribution in [2.45, 2.75) is 102 Å². The molecule has 10 aromatic heterocycles. The van der Waals surface area contributed by atoms with Gasteiger partial charge in [0.15, 0.2) is 0 Å². The number of carbonyl (C=O) groups excluding carboxylic acids is 10. The highest BCUT2D eigenvalue weighted by atomic mass is 35.5. The first-order valence-electron chi connectivity index (χ1n) is 30.8. The molecule has 0 saturated carbocycles. The molecule has 476 valence electrons. The molecule has 0 radical (unpaired) electrons. The molecule has 10 aromatic rings. The molecule has 0 N–H and O–H groups in total. The third-order valence-electron chi connectivity index (χ3n) is 17.0. The highest BCUT2D eigenvalue weighted by Gasteiger charge is 2.39. The summed E-state index contributed by atoms with van der Waals surface area (Å²) >= 11 is 5.96. The highest BCUT2D eigenvalue weighted by Crippen LogP contribution is 2.35. The van der Waals surface area contributed by atoms with E-state index >= 15 is 0 Å². The normalized spacial score (nSPS) is 13.2. The summed E-state index contributed by atoms with van der Waals surface area (Å²) in [5, 5.41) is 0.228. The number of fused-ring (bicyclic) bond motifs is 10. The van der Waals surface area contributed by atoms with Crippen molar-refractivity contribution < 1.29 is 47.9 Å². The lowest BCUT2D eigenvalue weighted by Gasteiger charge is -2.22. The maximum Gasteiger partial charge on any atom is 0.215 e. The number of aromatic nitrogens is 10. The first kappa shape index (κ1) is 66.0. The first-order valence-corrected chi connectivity index (χ1v) is 31.2. The molecule has 0 fully saturated rings. The molecule has 21 heteroatoms. The Hall–Kier alpha value is -11.5. The lowest BCUT2D eigenvalue weighted by Crippen LogP contribution is -2.27. The van der Waals surface area contributed by atoms with Crippen molar-refractivity contribution in [2.75, 3.05) is 0 Å². The van der Waals surface area contributed by atoms with Crippen molar-refractivity contribution in [3.63, 3.8) is 0 Å². The van der Waals surface area contributed by atoms with Gasteiger partial charge in [0.25, 0.3) is 0 Å². The predicted octanol–water partition coefficient (Wildman–Crippen LogP) is 11.3. The number of pyridine rings is 10. The summed E-state index contributed by atoms with van der Waals surface area (Å²) in [7, 11) is 0. The smallest absolute Gasteiger partial charge is 0.215 e. The monoisotopic (exact) mass is 1290 g/mol. The van der Waals surface area contributed by atoms with E-state index in [1.54, 1.807) is 112 Å². The number of hydrogen-bond donors (Lipinski definition) is 0. The number of carbonyl (C=O) groups is 10. The Balaban J connectivity index is 0.000000122. The molecule has 0 atom stereocenters. The summed E-state index contributed by atoms with van der Waals surface area (Å²) in [5.41, 5.74) is 15.4. The van der Waals surface area contributed by atoms with Crippen molar-refractivity contribution in [3.8, 4) is 0 Å². The zero-order valence-corrected chi connectivity index (χ0v) is 54.9. The van der Waals surface area contributed by atoms with E-state index in [0.717, 1.165) is 74.0 Å². The molecular formula is C75H59ClN10O10. The van der Waals surface area contributed by atoms with Gasteiger partial charge in [-0.05, 0) is 184 Å². The second kappa shape index (κ2) is 26.5. The Morgan fingerprint density at radius 3 is 0.896 bits per heavy atom. The maximum absolute atomic E-state index is 12.9. The zero-order chi connectivity index (χ0) is 68.9. The average Bonchev–Trinajstić information content (AvgIpc) is 0.669. The Kier molecular flexibility index (Phi) is 18.2. The van der Waals surface area contributed by atoms with Gasteiger partial charge in [0.2, 0.25) is 57.8 Å². The molecule has 0 unspecified atom stereocenters. The molecule has 96 heavy (non-hydrogen) atoms. The molecule has 0 aromatic carbocycles. The van der Waals surface area contributed by atoms with Crippen LogP contribution in [0.4, 0.5) is 0 Å². The van der Waals surface area contributed by atoms with Crippen molar-refractivity contribution >= 4 is 69.4 Å². The second-order valence-electron chi connectivity index (χ2n) is 23.4. The van der Waals surface area contributed by atoms with Crippen LogP contribution in [0, 0.1) is 48.5 Å². The summed E-state index contributed by atoms with van der Waals surface area (Å²) in [6.07, 6.45) is 18.9. The van der Waals surface area contributed by atoms with Gasteiger partial charge < -0.3 is 0 Å². The standard InChI is InChI=1S/C18H18N2O2.C16H14N2O2.2C14H10N2O2.C13H7ClN2O2/c1-5-11-9(3)7-19-15-13(11)17(21)16-14(18(15)22)12(6-2)10(4)8-20-16;1-3-9-5-11-13(17-7-9)16(20)12-6-10(4-2)8-18-14(12)15(11)19;1-7-3-9-11(15-5-7)14(18)10-4-8(2)6-16-12(10)13(9)17;1-7-3-5-15-11-9(7)13(17)12-10(14(11)18)8(2)4-6-16-12;1-6-4-7-10(16-5-6)13(18)9-8(14)2-3-15-11(9)12(7)17/h7-8H,5-6H2,1-4H3;5-8H,3-4H2,1-2H3;2*3-6H,1-2H3;2-5H,1H3. The summed E-state index contributed by atoms with van der Waals surface area (Å²) in [6, 6.07) is 13.5. The Labute approximate surface area is 555 Å². The van der Waals surface area contributed by atoms with Crippen LogP contribution < -0.4 is 0 Å². The van der Waals surface area contributed by atoms with Gasteiger partial charge in [0, 0.05) is 62.0 Å². The SMILES string of the molecule is CCc1c(C)cnc2c1C(=O)c1ncc(C)c(CC)c1C2=O.CCc1cnc2c(c1)C(=O)c1ncc(CC)cc1C2=O.Cc1ccnc2c1C(=O)c1nccc(C)c1C2=O.Cc1cnc2c(c1)C(=O)c1ncc(C)cc1C2=O.Cc1cnc2c(c1)C(=O)c1nccc(Cl)c1C2=O. The second-order valence-corrected chi connectivity index (χ2v) is 23.8. The highest BCUT2D eigenvalue weighted by molar-refractivity contribution is 6.38. The number of nitrogens with zero attached hydrogens (tertiary/aromatic N) is 10. The molecule has 5 aliphatic carbocycles. The van der Waals surface area contributed by atoms with E-state index in [1.165, 1.54) is 12.3 Å². The molecule has 0 amide bonds. The van der Waals surface area contributed by atoms with E-state index in [2.05, 4.69) is 49.8 Å². The largest absolute Gasteiger partial charge is 0.287 e. The fraction of sp³-hybridized carbons (Fsp3) is 0.200.